The van der Waals surface area contributed by atoms with Gasteiger partial charge in [0.05, 0.1) is 12.5 Å². The number of halogens is 1. The van der Waals surface area contributed by atoms with Crippen LogP contribution in [0.1, 0.15) is 13.3 Å². The molecular weight excluding hydrogens is 322 g/mol. The van der Waals surface area contributed by atoms with Crippen LogP contribution in [0.25, 0.3) is 0 Å². The molecule has 4 N–H and O–H groups in total. The third-order valence-corrected chi connectivity index (χ3v) is 2.89. The molecule has 0 aliphatic heterocycles. The van der Waals surface area contributed by atoms with Crippen molar-refractivity contribution in [2.75, 3.05) is 32.1 Å². The summed E-state index contributed by atoms with van der Waals surface area (Å²) in [5, 5.41) is 5.38. The fourth-order valence-electron chi connectivity index (χ4n) is 1.71. The molecule has 0 aromatic heterocycles. The normalized spacial score (nSPS) is 11.1. The Labute approximate surface area is 142 Å². The molecule has 130 valence electrons. The van der Waals surface area contributed by atoms with Crippen molar-refractivity contribution in [2.24, 2.45) is 5.73 Å². The van der Waals surface area contributed by atoms with Gasteiger partial charge >= 0.3 is 0 Å². The summed E-state index contributed by atoms with van der Waals surface area (Å²) < 4.78 is 10.4. The second-order valence-corrected chi connectivity index (χ2v) is 4.61. The quantitative estimate of drug-likeness (QED) is 0.617. The van der Waals surface area contributed by atoms with Gasteiger partial charge < -0.3 is 25.8 Å². The smallest absolute Gasteiger partial charge is 0.257 e. The van der Waals surface area contributed by atoms with Crippen LogP contribution in [-0.2, 0) is 14.3 Å². The SMILES string of the molecule is CCNC(=O)COc1ccc(NC(=O)CC(CN)OC)cc1.Cl. The fourth-order valence-corrected chi connectivity index (χ4v) is 1.71. The van der Waals surface area contributed by atoms with E-state index in [1.807, 2.05) is 6.92 Å². The predicted octanol–water partition coefficient (Wildman–Crippen LogP) is 0.926. The summed E-state index contributed by atoms with van der Waals surface area (Å²) in [6, 6.07) is 6.78. The molecule has 2 amide bonds. The highest BCUT2D eigenvalue weighted by atomic mass is 35.5. The van der Waals surface area contributed by atoms with Crippen LogP contribution in [0.5, 0.6) is 5.75 Å². The van der Waals surface area contributed by atoms with Crippen molar-refractivity contribution in [3.05, 3.63) is 24.3 Å². The molecule has 0 heterocycles. The number of carbonyl (C=O) groups excluding carboxylic acids is 2. The monoisotopic (exact) mass is 345 g/mol. The summed E-state index contributed by atoms with van der Waals surface area (Å²) in [5.74, 6) is 0.210. The minimum absolute atomic E-state index is 0. The van der Waals surface area contributed by atoms with Crippen molar-refractivity contribution < 1.29 is 19.1 Å². The molecule has 0 aliphatic carbocycles. The van der Waals surface area contributed by atoms with Crippen LogP contribution >= 0.6 is 12.4 Å². The van der Waals surface area contributed by atoms with Crippen LogP contribution in [0.3, 0.4) is 0 Å². The number of anilines is 1. The van der Waals surface area contributed by atoms with Gasteiger partial charge in [0, 0.05) is 25.9 Å². The Kier molecular flexibility index (Phi) is 10.8. The number of benzene rings is 1. The summed E-state index contributed by atoms with van der Waals surface area (Å²) >= 11 is 0. The highest BCUT2D eigenvalue weighted by molar-refractivity contribution is 5.91. The highest BCUT2D eigenvalue weighted by Crippen LogP contribution is 2.16. The molecule has 0 aliphatic rings. The highest BCUT2D eigenvalue weighted by Gasteiger charge is 2.11. The molecule has 0 fully saturated rings. The Morgan fingerprint density at radius 1 is 1.22 bits per heavy atom. The number of nitrogens with one attached hydrogen (secondary N) is 2. The van der Waals surface area contributed by atoms with Gasteiger partial charge in [-0.05, 0) is 31.2 Å². The van der Waals surface area contributed by atoms with Crippen molar-refractivity contribution in [1.29, 1.82) is 0 Å². The lowest BCUT2D eigenvalue weighted by Crippen LogP contribution is -2.28. The largest absolute Gasteiger partial charge is 0.484 e. The van der Waals surface area contributed by atoms with Gasteiger partial charge in [-0.2, -0.15) is 0 Å². The van der Waals surface area contributed by atoms with Gasteiger partial charge in [-0.25, -0.2) is 0 Å². The van der Waals surface area contributed by atoms with Crippen molar-refractivity contribution in [1.82, 2.24) is 5.32 Å². The maximum Gasteiger partial charge on any atom is 0.257 e. The zero-order chi connectivity index (χ0) is 16.4. The Morgan fingerprint density at radius 3 is 2.39 bits per heavy atom. The van der Waals surface area contributed by atoms with E-state index in [1.165, 1.54) is 7.11 Å². The number of likely N-dealkylation sites (N-methyl/N-ethyl adjacent to an activating group) is 1. The van der Waals surface area contributed by atoms with Gasteiger partial charge in [0.1, 0.15) is 5.75 Å². The zero-order valence-corrected chi connectivity index (χ0v) is 14.2. The molecule has 7 nitrogen and oxygen atoms in total. The first-order valence-electron chi connectivity index (χ1n) is 7.11. The second-order valence-electron chi connectivity index (χ2n) is 4.61. The van der Waals surface area contributed by atoms with Gasteiger partial charge in [-0.3, -0.25) is 9.59 Å². The molecule has 0 spiro atoms. The van der Waals surface area contributed by atoms with Crippen LogP contribution in [-0.4, -0.2) is 44.7 Å². The van der Waals surface area contributed by atoms with E-state index in [1.54, 1.807) is 24.3 Å². The zero-order valence-electron chi connectivity index (χ0n) is 13.3. The van der Waals surface area contributed by atoms with Crippen molar-refractivity contribution in [3.63, 3.8) is 0 Å². The Bertz CT molecular complexity index is 478. The Hall–Kier alpha value is -1.83. The first-order chi connectivity index (χ1) is 10.6. The molecule has 0 saturated carbocycles. The minimum Gasteiger partial charge on any atom is -0.484 e. The van der Waals surface area contributed by atoms with Crippen LogP contribution in [0.2, 0.25) is 0 Å². The van der Waals surface area contributed by atoms with E-state index in [2.05, 4.69) is 10.6 Å². The molecule has 23 heavy (non-hydrogen) atoms. The fraction of sp³-hybridized carbons (Fsp3) is 0.467. The molecular formula is C15H24ClN3O4. The van der Waals surface area contributed by atoms with Crippen LogP contribution in [0.15, 0.2) is 24.3 Å². The molecule has 1 atom stereocenters. The third-order valence-electron chi connectivity index (χ3n) is 2.89. The first kappa shape index (κ1) is 21.2. The summed E-state index contributed by atoms with van der Waals surface area (Å²) in [7, 11) is 1.52. The van der Waals surface area contributed by atoms with E-state index in [0.29, 0.717) is 18.0 Å². The third kappa shape index (κ3) is 8.39. The van der Waals surface area contributed by atoms with Crippen LogP contribution < -0.4 is 21.1 Å². The number of nitrogens with two attached hydrogens (primary N) is 1. The maximum absolute atomic E-state index is 11.8. The lowest BCUT2D eigenvalue weighted by Gasteiger charge is -2.13. The first-order valence-corrected chi connectivity index (χ1v) is 7.11. The predicted molar refractivity (Wildman–Crippen MR) is 91.0 cm³/mol. The number of amides is 2. The number of methoxy groups -OCH3 is 1. The van der Waals surface area contributed by atoms with Crippen LogP contribution in [0, 0.1) is 0 Å². The van der Waals surface area contributed by atoms with Crippen molar-refractivity contribution >= 4 is 29.9 Å². The summed E-state index contributed by atoms with van der Waals surface area (Å²) in [4.78, 5) is 23.1. The van der Waals surface area contributed by atoms with Crippen LogP contribution in [0.4, 0.5) is 5.69 Å². The summed E-state index contributed by atoms with van der Waals surface area (Å²) in [6.07, 6.45) is -0.0951. The van der Waals surface area contributed by atoms with E-state index in [9.17, 15) is 9.59 Å². The van der Waals surface area contributed by atoms with Crippen molar-refractivity contribution in [2.45, 2.75) is 19.4 Å². The van der Waals surface area contributed by atoms with Gasteiger partial charge in [0.25, 0.3) is 5.91 Å². The Balaban J connectivity index is 0.00000484. The molecule has 0 radical (unpaired) electrons. The Morgan fingerprint density at radius 2 is 1.87 bits per heavy atom. The lowest BCUT2D eigenvalue weighted by molar-refractivity contribution is -0.123. The maximum atomic E-state index is 11.8. The van der Waals surface area contributed by atoms with Gasteiger partial charge in [-0.1, -0.05) is 0 Å². The number of ether oxygens (including phenoxy) is 2. The second kappa shape index (κ2) is 11.7. The number of rotatable bonds is 9. The number of hydrogen-bond donors (Lipinski definition) is 3. The molecule has 1 aromatic rings. The van der Waals surface area contributed by atoms with Gasteiger partial charge in [-0.15, -0.1) is 12.4 Å². The number of hydrogen-bond acceptors (Lipinski definition) is 5. The average Bonchev–Trinajstić information content (AvgIpc) is 2.52. The van der Waals surface area contributed by atoms with E-state index >= 15 is 0 Å². The van der Waals surface area contributed by atoms with E-state index in [0.717, 1.165) is 0 Å². The van der Waals surface area contributed by atoms with E-state index < -0.39 is 0 Å². The molecule has 0 saturated heterocycles. The van der Waals surface area contributed by atoms with Gasteiger partial charge in [0.15, 0.2) is 6.61 Å². The molecule has 1 unspecified atom stereocenters. The standard InChI is InChI=1S/C15H23N3O4.ClH/c1-3-17-15(20)10-22-12-6-4-11(5-7-12)18-14(19)8-13(9-16)21-2;/h4-7,13H,3,8-10,16H2,1-2H3,(H,17,20)(H,18,19);1H. The molecule has 0 bridgehead atoms. The lowest BCUT2D eigenvalue weighted by atomic mass is 10.2. The summed E-state index contributed by atoms with van der Waals surface area (Å²) in [6.45, 7) is 2.66. The summed E-state index contributed by atoms with van der Waals surface area (Å²) in [5.41, 5.74) is 6.11. The molecule has 8 heteroatoms. The minimum atomic E-state index is -0.292. The van der Waals surface area contributed by atoms with E-state index in [-0.39, 0.29) is 49.9 Å². The van der Waals surface area contributed by atoms with Gasteiger partial charge in [0.2, 0.25) is 5.91 Å². The number of carbonyl (C=O) groups is 2. The van der Waals surface area contributed by atoms with Crippen molar-refractivity contribution in [3.8, 4) is 5.75 Å². The molecule has 1 aromatic carbocycles. The topological polar surface area (TPSA) is 103 Å². The average molecular weight is 346 g/mol. The molecule has 1 rings (SSSR count). The van der Waals surface area contributed by atoms with E-state index in [4.69, 9.17) is 15.2 Å².